The van der Waals surface area contributed by atoms with E-state index in [0.717, 1.165) is 6.42 Å². The van der Waals surface area contributed by atoms with Gasteiger partial charge in [0.15, 0.2) is 0 Å². The molecule has 1 aromatic rings. The van der Waals surface area contributed by atoms with Crippen molar-refractivity contribution in [3.05, 3.63) is 35.4 Å². The van der Waals surface area contributed by atoms with E-state index in [9.17, 15) is 14.7 Å². The average Bonchev–Trinajstić information content (AvgIpc) is 2.48. The van der Waals surface area contributed by atoms with Crippen molar-refractivity contribution in [2.24, 2.45) is 5.41 Å². The number of amides is 1. The van der Waals surface area contributed by atoms with Crippen LogP contribution in [0.3, 0.4) is 0 Å². The predicted octanol–water partition coefficient (Wildman–Crippen LogP) is 2.87. The van der Waals surface area contributed by atoms with Gasteiger partial charge in [-0.25, -0.2) is 0 Å². The van der Waals surface area contributed by atoms with E-state index in [2.05, 4.69) is 12.2 Å². The van der Waals surface area contributed by atoms with Gasteiger partial charge in [0.2, 0.25) is 0 Å². The molecule has 1 rings (SSSR count). The molecule has 0 unspecified atom stereocenters. The fourth-order valence-electron chi connectivity index (χ4n) is 2.12. The number of aryl methyl sites for hydroxylation is 1. The first-order chi connectivity index (χ1) is 9.49. The SMILES string of the molecule is CCc1ccc(C(=O)NCC(CC)(CC)C(=O)O)cc1. The molecule has 0 saturated carbocycles. The number of nitrogens with one attached hydrogen (secondary N) is 1. The molecule has 0 atom stereocenters. The fourth-order valence-corrected chi connectivity index (χ4v) is 2.12. The summed E-state index contributed by atoms with van der Waals surface area (Å²) in [5.41, 5.74) is 0.858. The molecular formula is C16H23NO3. The van der Waals surface area contributed by atoms with Crippen molar-refractivity contribution in [3.63, 3.8) is 0 Å². The number of carboxylic acids is 1. The third-order valence-corrected chi connectivity index (χ3v) is 4.02. The Morgan fingerprint density at radius 3 is 2.05 bits per heavy atom. The average molecular weight is 277 g/mol. The minimum atomic E-state index is -0.876. The summed E-state index contributed by atoms with van der Waals surface area (Å²) in [5.74, 6) is -1.08. The molecule has 0 aliphatic rings. The molecule has 110 valence electrons. The molecule has 0 radical (unpaired) electrons. The minimum Gasteiger partial charge on any atom is -0.481 e. The molecule has 2 N–H and O–H groups in total. The number of benzene rings is 1. The largest absolute Gasteiger partial charge is 0.481 e. The summed E-state index contributed by atoms with van der Waals surface area (Å²) in [5, 5.41) is 12.1. The van der Waals surface area contributed by atoms with Gasteiger partial charge in [-0.3, -0.25) is 9.59 Å². The number of hydrogen-bond acceptors (Lipinski definition) is 2. The zero-order valence-electron chi connectivity index (χ0n) is 12.4. The zero-order chi connectivity index (χ0) is 15.2. The summed E-state index contributed by atoms with van der Waals surface area (Å²) >= 11 is 0. The van der Waals surface area contributed by atoms with Crippen LogP contribution in [0.4, 0.5) is 0 Å². The Morgan fingerprint density at radius 1 is 1.10 bits per heavy atom. The van der Waals surface area contributed by atoms with Gasteiger partial charge >= 0.3 is 5.97 Å². The first-order valence-corrected chi connectivity index (χ1v) is 7.09. The third-order valence-electron chi connectivity index (χ3n) is 4.02. The molecule has 0 spiro atoms. The summed E-state index contributed by atoms with van der Waals surface area (Å²) in [7, 11) is 0. The van der Waals surface area contributed by atoms with Crippen molar-refractivity contribution >= 4 is 11.9 Å². The normalized spacial score (nSPS) is 11.2. The van der Waals surface area contributed by atoms with E-state index in [-0.39, 0.29) is 12.5 Å². The Hall–Kier alpha value is -1.84. The van der Waals surface area contributed by atoms with Gasteiger partial charge < -0.3 is 10.4 Å². The monoisotopic (exact) mass is 277 g/mol. The van der Waals surface area contributed by atoms with Gasteiger partial charge in [0.05, 0.1) is 5.41 Å². The Bertz CT molecular complexity index is 461. The Labute approximate surface area is 120 Å². The highest BCUT2D eigenvalue weighted by atomic mass is 16.4. The van der Waals surface area contributed by atoms with Crippen molar-refractivity contribution in [1.29, 1.82) is 0 Å². The molecule has 4 nitrogen and oxygen atoms in total. The second-order valence-corrected chi connectivity index (χ2v) is 5.03. The lowest BCUT2D eigenvalue weighted by molar-refractivity contribution is -0.149. The number of carbonyl (C=O) groups is 2. The second kappa shape index (κ2) is 7.08. The highest BCUT2D eigenvalue weighted by Gasteiger charge is 2.35. The Morgan fingerprint density at radius 2 is 1.65 bits per heavy atom. The van der Waals surface area contributed by atoms with Crippen LogP contribution in [0.1, 0.15) is 49.5 Å². The molecule has 0 bridgehead atoms. The van der Waals surface area contributed by atoms with Crippen LogP contribution in [0.25, 0.3) is 0 Å². The highest BCUT2D eigenvalue weighted by molar-refractivity contribution is 5.94. The number of aliphatic carboxylic acids is 1. The van der Waals surface area contributed by atoms with E-state index in [1.165, 1.54) is 5.56 Å². The standard InChI is InChI=1S/C16H23NO3/c1-4-12-7-9-13(10-8-12)14(18)17-11-16(5-2,6-3)15(19)20/h7-10H,4-6,11H2,1-3H3,(H,17,18)(H,19,20). The van der Waals surface area contributed by atoms with Crippen LogP contribution < -0.4 is 5.32 Å². The van der Waals surface area contributed by atoms with Crippen LogP contribution in [-0.4, -0.2) is 23.5 Å². The summed E-state index contributed by atoms with van der Waals surface area (Å²) in [6.07, 6.45) is 1.91. The lowest BCUT2D eigenvalue weighted by atomic mass is 9.82. The number of rotatable bonds is 7. The first kappa shape index (κ1) is 16.2. The van der Waals surface area contributed by atoms with Crippen LogP contribution >= 0.6 is 0 Å². The molecular weight excluding hydrogens is 254 g/mol. The molecule has 0 fully saturated rings. The van der Waals surface area contributed by atoms with E-state index >= 15 is 0 Å². The van der Waals surface area contributed by atoms with E-state index in [0.29, 0.717) is 18.4 Å². The molecule has 0 heterocycles. The van der Waals surface area contributed by atoms with Gasteiger partial charge in [-0.2, -0.15) is 0 Å². The van der Waals surface area contributed by atoms with Gasteiger partial charge in [-0.05, 0) is 37.0 Å². The summed E-state index contributed by atoms with van der Waals surface area (Å²) in [6.45, 7) is 5.88. The molecule has 1 aromatic carbocycles. The van der Waals surface area contributed by atoms with Gasteiger partial charge in [0.1, 0.15) is 0 Å². The quantitative estimate of drug-likeness (QED) is 0.805. The zero-order valence-corrected chi connectivity index (χ0v) is 12.4. The fraction of sp³-hybridized carbons (Fsp3) is 0.500. The van der Waals surface area contributed by atoms with Crippen LogP contribution in [0.2, 0.25) is 0 Å². The molecule has 0 aliphatic carbocycles. The topological polar surface area (TPSA) is 66.4 Å². The van der Waals surface area contributed by atoms with E-state index in [1.807, 2.05) is 26.0 Å². The maximum atomic E-state index is 12.0. The molecule has 1 amide bonds. The van der Waals surface area contributed by atoms with Crippen molar-refractivity contribution in [2.75, 3.05) is 6.54 Å². The van der Waals surface area contributed by atoms with Gasteiger partial charge in [0.25, 0.3) is 5.91 Å². The van der Waals surface area contributed by atoms with Crippen LogP contribution in [-0.2, 0) is 11.2 Å². The van der Waals surface area contributed by atoms with Crippen molar-refractivity contribution < 1.29 is 14.7 Å². The molecule has 4 heteroatoms. The summed E-state index contributed by atoms with van der Waals surface area (Å²) < 4.78 is 0. The first-order valence-electron chi connectivity index (χ1n) is 7.09. The van der Waals surface area contributed by atoms with E-state index in [4.69, 9.17) is 0 Å². The lowest BCUT2D eigenvalue weighted by Crippen LogP contribution is -2.42. The van der Waals surface area contributed by atoms with Crippen LogP contribution in [0.5, 0.6) is 0 Å². The number of hydrogen-bond donors (Lipinski definition) is 2. The highest BCUT2D eigenvalue weighted by Crippen LogP contribution is 2.25. The van der Waals surface area contributed by atoms with Crippen molar-refractivity contribution in [2.45, 2.75) is 40.0 Å². The third kappa shape index (κ3) is 3.59. The maximum absolute atomic E-state index is 12.0. The lowest BCUT2D eigenvalue weighted by Gasteiger charge is -2.26. The van der Waals surface area contributed by atoms with Crippen LogP contribution in [0, 0.1) is 5.41 Å². The van der Waals surface area contributed by atoms with Crippen LogP contribution in [0.15, 0.2) is 24.3 Å². The van der Waals surface area contributed by atoms with Gasteiger partial charge in [-0.15, -0.1) is 0 Å². The van der Waals surface area contributed by atoms with Gasteiger partial charge in [0, 0.05) is 12.1 Å². The number of carbonyl (C=O) groups excluding carboxylic acids is 1. The Kier molecular flexibility index (Phi) is 5.74. The van der Waals surface area contributed by atoms with Crippen molar-refractivity contribution in [3.8, 4) is 0 Å². The van der Waals surface area contributed by atoms with Gasteiger partial charge in [-0.1, -0.05) is 32.9 Å². The molecule has 0 aromatic heterocycles. The molecule has 0 aliphatic heterocycles. The minimum absolute atomic E-state index is 0.156. The smallest absolute Gasteiger partial charge is 0.311 e. The van der Waals surface area contributed by atoms with Crippen molar-refractivity contribution in [1.82, 2.24) is 5.32 Å². The molecule has 0 saturated heterocycles. The van der Waals surface area contributed by atoms with E-state index < -0.39 is 11.4 Å². The summed E-state index contributed by atoms with van der Waals surface area (Å²) in [4.78, 5) is 23.4. The predicted molar refractivity (Wildman–Crippen MR) is 78.8 cm³/mol. The Balaban J connectivity index is 2.72. The maximum Gasteiger partial charge on any atom is 0.311 e. The molecule has 20 heavy (non-hydrogen) atoms. The van der Waals surface area contributed by atoms with E-state index in [1.54, 1.807) is 12.1 Å². The second-order valence-electron chi connectivity index (χ2n) is 5.03. The number of carboxylic acid groups (broad SMARTS) is 1. The summed E-state index contributed by atoms with van der Waals surface area (Å²) in [6, 6.07) is 7.38.